The van der Waals surface area contributed by atoms with Gasteiger partial charge in [0.05, 0.1) is 0 Å². The first-order valence-corrected chi connectivity index (χ1v) is 11.5. The summed E-state index contributed by atoms with van der Waals surface area (Å²) in [7, 11) is 2.15. The molecule has 33 heavy (non-hydrogen) atoms. The van der Waals surface area contributed by atoms with Crippen LogP contribution < -0.4 is 10.7 Å². The second-order valence-electron chi connectivity index (χ2n) is 8.24. The van der Waals surface area contributed by atoms with Crippen molar-refractivity contribution in [3.05, 3.63) is 107 Å². The summed E-state index contributed by atoms with van der Waals surface area (Å²) in [5, 5.41) is 3.00. The van der Waals surface area contributed by atoms with Gasteiger partial charge in [-0.25, -0.2) is 0 Å². The highest BCUT2D eigenvalue weighted by atomic mass is 16.1. The van der Waals surface area contributed by atoms with Crippen molar-refractivity contribution in [2.75, 3.05) is 26.7 Å². The predicted octanol–water partition coefficient (Wildman–Crippen LogP) is 4.31. The Morgan fingerprint density at radius 1 is 0.939 bits per heavy atom. The van der Waals surface area contributed by atoms with Crippen LogP contribution in [0.3, 0.4) is 0 Å². The van der Waals surface area contributed by atoms with Crippen LogP contribution in [-0.2, 0) is 11.2 Å². The average Bonchev–Trinajstić information content (AvgIpc) is 2.84. The monoisotopic (exact) mass is 443 g/mol. The first-order chi connectivity index (χ1) is 16.1. The zero-order chi connectivity index (χ0) is 23.3. The van der Waals surface area contributed by atoms with Gasteiger partial charge < -0.3 is 14.8 Å². The molecule has 0 aliphatic carbocycles. The minimum absolute atomic E-state index is 0.00440. The lowest BCUT2D eigenvalue weighted by Crippen LogP contribution is -2.26. The maximum absolute atomic E-state index is 12.1. The van der Waals surface area contributed by atoms with E-state index in [4.69, 9.17) is 0 Å². The van der Waals surface area contributed by atoms with E-state index in [-0.39, 0.29) is 11.3 Å². The molecular weight excluding hydrogens is 410 g/mol. The summed E-state index contributed by atoms with van der Waals surface area (Å²) in [5.74, 6) is 0.0496. The molecule has 5 heteroatoms. The molecule has 1 amide bonds. The number of pyridine rings is 1. The van der Waals surface area contributed by atoms with E-state index in [2.05, 4.69) is 41.5 Å². The molecule has 3 rings (SSSR count). The molecule has 0 radical (unpaired) electrons. The van der Waals surface area contributed by atoms with Gasteiger partial charge in [-0.1, -0.05) is 54.6 Å². The first kappa shape index (κ1) is 24.2. The molecule has 3 aromatic rings. The Morgan fingerprint density at radius 2 is 1.67 bits per heavy atom. The summed E-state index contributed by atoms with van der Waals surface area (Å²) in [6.45, 7) is 2.80. The van der Waals surface area contributed by atoms with Crippen LogP contribution in [0.15, 0.2) is 90.0 Å². The van der Waals surface area contributed by atoms with Gasteiger partial charge in [0.15, 0.2) is 5.43 Å². The average molecular weight is 444 g/mol. The normalized spacial score (nSPS) is 11.2. The molecule has 0 bridgehead atoms. The van der Waals surface area contributed by atoms with E-state index >= 15 is 0 Å². The SMILES string of the molecule is CN(CCCCNC(=O)C/C=C/c1ccc(-n2ccc(=O)cc2)cc1)CCc1ccccc1. The third kappa shape index (κ3) is 8.91. The highest BCUT2D eigenvalue weighted by Crippen LogP contribution is 2.10. The van der Waals surface area contributed by atoms with Gasteiger partial charge in [0.25, 0.3) is 0 Å². The molecule has 1 heterocycles. The van der Waals surface area contributed by atoms with Gasteiger partial charge in [-0.15, -0.1) is 0 Å². The van der Waals surface area contributed by atoms with E-state index in [1.54, 1.807) is 12.4 Å². The van der Waals surface area contributed by atoms with E-state index in [1.807, 2.05) is 47.1 Å². The van der Waals surface area contributed by atoms with Crippen LogP contribution in [-0.4, -0.2) is 42.1 Å². The topological polar surface area (TPSA) is 54.3 Å². The van der Waals surface area contributed by atoms with Crippen LogP contribution in [0.2, 0.25) is 0 Å². The molecular formula is C28H33N3O2. The molecule has 0 fully saturated rings. The predicted molar refractivity (Wildman–Crippen MR) is 136 cm³/mol. The lowest BCUT2D eigenvalue weighted by molar-refractivity contribution is -0.120. The molecule has 0 atom stereocenters. The summed E-state index contributed by atoms with van der Waals surface area (Å²) in [6.07, 6.45) is 10.8. The Labute approximate surface area is 196 Å². The summed E-state index contributed by atoms with van der Waals surface area (Å²) >= 11 is 0. The van der Waals surface area contributed by atoms with Crippen LogP contribution >= 0.6 is 0 Å². The minimum Gasteiger partial charge on any atom is -0.356 e. The van der Waals surface area contributed by atoms with Gasteiger partial charge in [-0.05, 0) is 56.1 Å². The van der Waals surface area contributed by atoms with Gasteiger partial charge >= 0.3 is 0 Å². The van der Waals surface area contributed by atoms with Crippen molar-refractivity contribution < 1.29 is 4.79 Å². The van der Waals surface area contributed by atoms with Crippen molar-refractivity contribution >= 4 is 12.0 Å². The van der Waals surface area contributed by atoms with Crippen molar-refractivity contribution in [2.45, 2.75) is 25.7 Å². The molecule has 0 aliphatic heterocycles. The number of nitrogens with zero attached hydrogens (tertiary/aromatic N) is 2. The smallest absolute Gasteiger partial charge is 0.223 e. The highest BCUT2D eigenvalue weighted by Gasteiger charge is 2.01. The first-order valence-electron chi connectivity index (χ1n) is 11.5. The van der Waals surface area contributed by atoms with Gasteiger partial charge in [0.1, 0.15) is 0 Å². The Hall–Kier alpha value is -3.44. The van der Waals surface area contributed by atoms with E-state index in [0.29, 0.717) is 13.0 Å². The molecule has 5 nitrogen and oxygen atoms in total. The largest absolute Gasteiger partial charge is 0.356 e. The lowest BCUT2D eigenvalue weighted by atomic mass is 10.1. The van der Waals surface area contributed by atoms with Gasteiger partial charge in [0, 0.05) is 49.7 Å². The van der Waals surface area contributed by atoms with E-state index in [9.17, 15) is 9.59 Å². The molecule has 0 unspecified atom stereocenters. The lowest BCUT2D eigenvalue weighted by Gasteiger charge is -2.16. The molecule has 1 aromatic heterocycles. The summed E-state index contributed by atoms with van der Waals surface area (Å²) in [4.78, 5) is 25.6. The fourth-order valence-corrected chi connectivity index (χ4v) is 3.53. The van der Waals surface area contributed by atoms with Crippen molar-refractivity contribution in [2.24, 2.45) is 0 Å². The van der Waals surface area contributed by atoms with Crippen LogP contribution in [0.1, 0.15) is 30.4 Å². The summed E-state index contributed by atoms with van der Waals surface area (Å²) < 4.78 is 1.89. The van der Waals surface area contributed by atoms with Crippen molar-refractivity contribution in [3.8, 4) is 5.69 Å². The quantitative estimate of drug-likeness (QED) is 0.425. The molecule has 172 valence electrons. The number of likely N-dealkylation sites (N-methyl/N-ethyl adjacent to an activating group) is 1. The molecule has 0 saturated carbocycles. The zero-order valence-corrected chi connectivity index (χ0v) is 19.3. The molecule has 0 aliphatic rings. The number of carbonyl (C=O) groups excluding carboxylic acids is 1. The number of rotatable bonds is 12. The Bertz CT molecular complexity index is 1050. The van der Waals surface area contributed by atoms with Crippen molar-refractivity contribution in [1.29, 1.82) is 0 Å². The number of amides is 1. The number of aromatic nitrogens is 1. The Balaban J connectivity index is 1.28. The van der Waals surface area contributed by atoms with Crippen molar-refractivity contribution in [3.63, 3.8) is 0 Å². The van der Waals surface area contributed by atoms with Crippen LogP contribution in [0, 0.1) is 0 Å². The number of benzene rings is 2. The maximum atomic E-state index is 12.1. The highest BCUT2D eigenvalue weighted by molar-refractivity contribution is 5.78. The molecule has 1 N–H and O–H groups in total. The number of carbonyl (C=O) groups is 1. The van der Waals surface area contributed by atoms with Crippen LogP contribution in [0.5, 0.6) is 0 Å². The maximum Gasteiger partial charge on any atom is 0.223 e. The molecule has 0 saturated heterocycles. The zero-order valence-electron chi connectivity index (χ0n) is 19.3. The standard InChI is InChI=1S/C28H33N3O2/c1-30(21-16-24-8-3-2-4-9-24)20-6-5-19-29-28(33)11-7-10-25-12-14-26(15-13-25)31-22-17-27(32)18-23-31/h2-4,7-10,12-15,17-18,22-23H,5-6,11,16,19-21H2,1H3,(H,29,33)/b10-7+. The Morgan fingerprint density at radius 3 is 2.39 bits per heavy atom. The van der Waals surface area contributed by atoms with Crippen LogP contribution in [0.4, 0.5) is 0 Å². The third-order valence-corrected chi connectivity index (χ3v) is 5.52. The molecule has 0 spiro atoms. The van der Waals surface area contributed by atoms with Gasteiger partial charge in [-0.3, -0.25) is 9.59 Å². The number of unbranched alkanes of at least 4 members (excludes halogenated alkanes) is 1. The van der Waals surface area contributed by atoms with E-state index < -0.39 is 0 Å². The van der Waals surface area contributed by atoms with Crippen LogP contribution in [0.25, 0.3) is 11.8 Å². The van der Waals surface area contributed by atoms with E-state index in [1.165, 1.54) is 17.7 Å². The summed E-state index contributed by atoms with van der Waals surface area (Å²) in [5.41, 5.74) is 3.38. The molecule has 2 aromatic carbocycles. The third-order valence-electron chi connectivity index (χ3n) is 5.52. The van der Waals surface area contributed by atoms with Crippen molar-refractivity contribution in [1.82, 2.24) is 14.8 Å². The number of hydrogen-bond acceptors (Lipinski definition) is 3. The second kappa shape index (κ2) is 13.2. The summed E-state index contributed by atoms with van der Waals surface area (Å²) in [6, 6.07) is 21.6. The fraction of sp³-hybridized carbons (Fsp3) is 0.286. The second-order valence-corrected chi connectivity index (χ2v) is 8.24. The number of hydrogen-bond donors (Lipinski definition) is 1. The fourth-order valence-electron chi connectivity index (χ4n) is 3.53. The van der Waals surface area contributed by atoms with E-state index in [0.717, 1.165) is 43.6 Å². The van der Waals surface area contributed by atoms with Gasteiger partial charge in [0.2, 0.25) is 5.91 Å². The Kier molecular flexibility index (Phi) is 9.67. The van der Waals surface area contributed by atoms with Gasteiger partial charge in [-0.2, -0.15) is 0 Å². The number of nitrogens with one attached hydrogen (secondary N) is 1. The minimum atomic E-state index is -0.00440.